The summed E-state index contributed by atoms with van der Waals surface area (Å²) in [6, 6.07) is 14.9. The van der Waals surface area contributed by atoms with Crippen molar-refractivity contribution in [2.75, 3.05) is 11.5 Å². The monoisotopic (exact) mass is 434 g/mol. The van der Waals surface area contributed by atoms with Crippen LogP contribution in [0.3, 0.4) is 0 Å². The Morgan fingerprint density at radius 1 is 1.19 bits per heavy atom. The molecular formula is C24H26N4O2S. The summed E-state index contributed by atoms with van der Waals surface area (Å²) in [4.78, 5) is 23.9. The van der Waals surface area contributed by atoms with E-state index in [1.165, 1.54) is 11.3 Å². The standard InChI is InChI=1S/C24H26N4O2S/c1-16(2)11-22-27-18(4)24(31-22)28(14-20-9-6-8-19(12-20)13-25)23(29)15-30-21-10-5-7-17(3)26-21/h5-10,12,16H,11,14-15H2,1-4H3. The number of benzene rings is 1. The highest BCUT2D eigenvalue weighted by Gasteiger charge is 2.23. The number of carbonyl (C=O) groups excluding carboxylic acids is 1. The fourth-order valence-electron chi connectivity index (χ4n) is 3.14. The molecule has 0 aliphatic heterocycles. The first-order chi connectivity index (χ1) is 14.9. The van der Waals surface area contributed by atoms with Gasteiger partial charge in [-0.2, -0.15) is 5.26 Å². The molecule has 7 heteroatoms. The molecule has 0 spiro atoms. The zero-order valence-electron chi connectivity index (χ0n) is 18.3. The summed E-state index contributed by atoms with van der Waals surface area (Å²) in [5, 5.41) is 11.0. The van der Waals surface area contributed by atoms with Gasteiger partial charge in [0.15, 0.2) is 6.61 Å². The minimum Gasteiger partial charge on any atom is -0.468 e. The van der Waals surface area contributed by atoms with E-state index in [2.05, 4.69) is 29.9 Å². The summed E-state index contributed by atoms with van der Waals surface area (Å²) in [5.74, 6) is 0.709. The normalized spacial score (nSPS) is 10.7. The van der Waals surface area contributed by atoms with E-state index in [-0.39, 0.29) is 12.5 Å². The maximum atomic E-state index is 13.2. The van der Waals surface area contributed by atoms with E-state index < -0.39 is 0 Å². The fraction of sp³-hybridized carbons (Fsp3) is 0.333. The number of nitrogens with zero attached hydrogens (tertiary/aromatic N) is 4. The Morgan fingerprint density at radius 2 is 1.97 bits per heavy atom. The van der Waals surface area contributed by atoms with Crippen molar-refractivity contribution in [3.05, 3.63) is 70.0 Å². The van der Waals surface area contributed by atoms with Crippen LogP contribution in [-0.2, 0) is 17.8 Å². The summed E-state index contributed by atoms with van der Waals surface area (Å²) >= 11 is 1.54. The lowest BCUT2D eigenvalue weighted by atomic mass is 10.1. The van der Waals surface area contributed by atoms with Gasteiger partial charge in [0.2, 0.25) is 5.88 Å². The van der Waals surface area contributed by atoms with Gasteiger partial charge in [-0.15, -0.1) is 11.3 Å². The molecule has 0 saturated heterocycles. The van der Waals surface area contributed by atoms with Crippen molar-refractivity contribution in [3.8, 4) is 11.9 Å². The van der Waals surface area contributed by atoms with Crippen LogP contribution >= 0.6 is 11.3 Å². The Bertz CT molecular complexity index is 1100. The summed E-state index contributed by atoms with van der Waals surface area (Å²) in [5.41, 5.74) is 3.08. The number of aromatic nitrogens is 2. The molecular weight excluding hydrogens is 408 g/mol. The molecule has 0 aliphatic rings. The molecule has 0 bridgehead atoms. The van der Waals surface area contributed by atoms with Gasteiger partial charge in [-0.25, -0.2) is 9.97 Å². The average molecular weight is 435 g/mol. The third kappa shape index (κ3) is 6.12. The smallest absolute Gasteiger partial charge is 0.265 e. The van der Waals surface area contributed by atoms with E-state index in [9.17, 15) is 10.1 Å². The molecule has 0 atom stereocenters. The quantitative estimate of drug-likeness (QED) is 0.507. The number of pyridine rings is 1. The van der Waals surface area contributed by atoms with Gasteiger partial charge in [-0.1, -0.05) is 32.0 Å². The van der Waals surface area contributed by atoms with E-state index in [0.717, 1.165) is 33.4 Å². The zero-order chi connectivity index (χ0) is 22.4. The van der Waals surface area contributed by atoms with Crippen molar-refractivity contribution in [2.24, 2.45) is 5.92 Å². The Labute approximate surface area is 187 Å². The van der Waals surface area contributed by atoms with Crippen LogP contribution in [0.1, 0.15) is 41.4 Å². The lowest BCUT2D eigenvalue weighted by Crippen LogP contribution is -2.34. The van der Waals surface area contributed by atoms with E-state index in [4.69, 9.17) is 4.74 Å². The Morgan fingerprint density at radius 3 is 2.68 bits per heavy atom. The molecule has 2 aromatic heterocycles. The van der Waals surface area contributed by atoms with Crippen molar-refractivity contribution < 1.29 is 9.53 Å². The van der Waals surface area contributed by atoms with Gasteiger partial charge in [0.25, 0.3) is 5.91 Å². The molecule has 0 aliphatic carbocycles. The van der Waals surface area contributed by atoms with Gasteiger partial charge in [0.05, 0.1) is 28.9 Å². The fourth-order valence-corrected chi connectivity index (χ4v) is 4.43. The molecule has 6 nitrogen and oxygen atoms in total. The first-order valence-corrected chi connectivity index (χ1v) is 11.0. The molecule has 0 unspecified atom stereocenters. The van der Waals surface area contributed by atoms with Crippen LogP contribution in [0.15, 0.2) is 42.5 Å². The zero-order valence-corrected chi connectivity index (χ0v) is 19.1. The van der Waals surface area contributed by atoms with Crippen LogP contribution in [0.5, 0.6) is 5.88 Å². The Kier molecular flexibility index (Phi) is 7.37. The van der Waals surface area contributed by atoms with Crippen molar-refractivity contribution >= 4 is 22.2 Å². The molecule has 0 fully saturated rings. The molecule has 160 valence electrons. The number of thiazole rings is 1. The molecule has 2 heterocycles. The number of carbonyl (C=O) groups is 1. The minimum atomic E-state index is -0.187. The van der Waals surface area contributed by atoms with Crippen LogP contribution in [0, 0.1) is 31.1 Å². The topological polar surface area (TPSA) is 79.1 Å². The predicted octanol–water partition coefficient (Wildman–Crippen LogP) is 4.84. The number of hydrogen-bond donors (Lipinski definition) is 0. The predicted molar refractivity (Wildman–Crippen MR) is 122 cm³/mol. The second-order valence-electron chi connectivity index (χ2n) is 7.79. The molecule has 1 aromatic carbocycles. The summed E-state index contributed by atoms with van der Waals surface area (Å²) in [6.07, 6.45) is 0.862. The van der Waals surface area contributed by atoms with Crippen molar-refractivity contribution in [3.63, 3.8) is 0 Å². The maximum Gasteiger partial charge on any atom is 0.265 e. The van der Waals surface area contributed by atoms with Crippen LogP contribution < -0.4 is 9.64 Å². The number of hydrogen-bond acceptors (Lipinski definition) is 6. The lowest BCUT2D eigenvalue weighted by molar-refractivity contribution is -0.120. The SMILES string of the molecule is Cc1cccc(OCC(=O)N(Cc2cccc(C#N)c2)c2sc(CC(C)C)nc2C)n1. The third-order valence-electron chi connectivity index (χ3n) is 4.55. The average Bonchev–Trinajstić information content (AvgIpc) is 3.09. The number of ether oxygens (including phenoxy) is 1. The first kappa shape index (κ1) is 22.4. The molecule has 31 heavy (non-hydrogen) atoms. The van der Waals surface area contributed by atoms with Crippen LogP contribution in [-0.4, -0.2) is 22.5 Å². The first-order valence-electron chi connectivity index (χ1n) is 10.2. The molecule has 3 rings (SSSR count). The van der Waals surface area contributed by atoms with Gasteiger partial charge in [-0.05, 0) is 43.5 Å². The van der Waals surface area contributed by atoms with E-state index in [1.54, 1.807) is 23.1 Å². The van der Waals surface area contributed by atoms with Gasteiger partial charge in [-0.3, -0.25) is 9.69 Å². The van der Waals surface area contributed by atoms with Gasteiger partial charge < -0.3 is 4.74 Å². The highest BCUT2D eigenvalue weighted by molar-refractivity contribution is 7.16. The number of aryl methyl sites for hydroxylation is 2. The molecule has 0 N–H and O–H groups in total. The molecule has 0 saturated carbocycles. The second-order valence-corrected chi connectivity index (χ2v) is 8.86. The van der Waals surface area contributed by atoms with Gasteiger partial charge in [0.1, 0.15) is 5.00 Å². The summed E-state index contributed by atoms with van der Waals surface area (Å²) < 4.78 is 5.67. The maximum absolute atomic E-state index is 13.2. The largest absolute Gasteiger partial charge is 0.468 e. The van der Waals surface area contributed by atoms with Gasteiger partial charge >= 0.3 is 0 Å². The highest BCUT2D eigenvalue weighted by Crippen LogP contribution is 2.31. The number of rotatable bonds is 8. The lowest BCUT2D eigenvalue weighted by Gasteiger charge is -2.22. The summed E-state index contributed by atoms with van der Waals surface area (Å²) in [6.45, 7) is 8.30. The Balaban J connectivity index is 1.87. The number of nitriles is 1. The highest BCUT2D eigenvalue weighted by atomic mass is 32.1. The van der Waals surface area contributed by atoms with Crippen LogP contribution in [0.4, 0.5) is 5.00 Å². The third-order valence-corrected chi connectivity index (χ3v) is 5.75. The molecule has 0 radical (unpaired) electrons. The molecule has 1 amide bonds. The molecule has 3 aromatic rings. The van der Waals surface area contributed by atoms with E-state index >= 15 is 0 Å². The minimum absolute atomic E-state index is 0.134. The van der Waals surface area contributed by atoms with E-state index in [0.29, 0.717) is 23.9 Å². The number of amides is 1. The number of anilines is 1. The van der Waals surface area contributed by atoms with E-state index in [1.807, 2.05) is 38.1 Å². The Hall–Kier alpha value is -3.24. The van der Waals surface area contributed by atoms with Crippen molar-refractivity contribution in [1.29, 1.82) is 5.26 Å². The van der Waals surface area contributed by atoms with Crippen LogP contribution in [0.2, 0.25) is 0 Å². The van der Waals surface area contributed by atoms with Crippen molar-refractivity contribution in [2.45, 2.75) is 40.7 Å². The summed E-state index contributed by atoms with van der Waals surface area (Å²) in [7, 11) is 0. The van der Waals surface area contributed by atoms with Crippen molar-refractivity contribution in [1.82, 2.24) is 9.97 Å². The van der Waals surface area contributed by atoms with Gasteiger partial charge in [0, 0.05) is 18.2 Å². The van der Waals surface area contributed by atoms with Crippen LogP contribution in [0.25, 0.3) is 0 Å². The second kappa shape index (κ2) is 10.2.